The summed E-state index contributed by atoms with van der Waals surface area (Å²) in [5.41, 5.74) is 8.52. The number of nitrogens with two attached hydrogens (primary N) is 1. The zero-order valence-corrected chi connectivity index (χ0v) is 14.1. The standard InChI is InChI=1S/C15H16BrN3S/c1-15(2,3)13-12(20-14(18)19-13)7-9-4-5-11(16)6-10(9)8-17/h4-6H,7H2,1-3H3,(H2,18,19). The fourth-order valence-electron chi connectivity index (χ4n) is 2.06. The molecule has 0 saturated heterocycles. The van der Waals surface area contributed by atoms with Crippen molar-refractivity contribution in [3.63, 3.8) is 0 Å². The van der Waals surface area contributed by atoms with Crippen molar-refractivity contribution in [2.75, 3.05) is 5.73 Å². The summed E-state index contributed by atoms with van der Waals surface area (Å²) in [5.74, 6) is 0. The van der Waals surface area contributed by atoms with E-state index >= 15 is 0 Å². The van der Waals surface area contributed by atoms with Gasteiger partial charge in [0.2, 0.25) is 0 Å². The van der Waals surface area contributed by atoms with Crippen LogP contribution >= 0.6 is 27.3 Å². The highest BCUT2D eigenvalue weighted by molar-refractivity contribution is 9.10. The third-order valence-corrected chi connectivity index (χ3v) is 4.35. The molecule has 20 heavy (non-hydrogen) atoms. The Bertz CT molecular complexity index is 677. The molecule has 0 unspecified atom stereocenters. The van der Waals surface area contributed by atoms with Gasteiger partial charge in [0.05, 0.1) is 17.3 Å². The first-order valence-corrected chi connectivity index (χ1v) is 7.86. The van der Waals surface area contributed by atoms with Crippen molar-refractivity contribution in [3.8, 4) is 6.07 Å². The van der Waals surface area contributed by atoms with Gasteiger partial charge in [0, 0.05) is 21.2 Å². The van der Waals surface area contributed by atoms with Gasteiger partial charge < -0.3 is 5.73 Å². The van der Waals surface area contributed by atoms with Crippen molar-refractivity contribution in [2.24, 2.45) is 0 Å². The van der Waals surface area contributed by atoms with Gasteiger partial charge in [0.1, 0.15) is 0 Å². The van der Waals surface area contributed by atoms with Crippen LogP contribution in [0.5, 0.6) is 0 Å². The zero-order chi connectivity index (χ0) is 14.9. The average molecular weight is 350 g/mol. The van der Waals surface area contributed by atoms with E-state index in [2.05, 4.69) is 47.8 Å². The van der Waals surface area contributed by atoms with Gasteiger partial charge in [0.25, 0.3) is 0 Å². The normalized spacial score (nSPS) is 11.3. The molecule has 0 spiro atoms. The monoisotopic (exact) mass is 349 g/mol. The molecule has 0 aliphatic heterocycles. The Hall–Kier alpha value is -1.38. The van der Waals surface area contributed by atoms with Gasteiger partial charge >= 0.3 is 0 Å². The van der Waals surface area contributed by atoms with E-state index in [0.29, 0.717) is 17.1 Å². The van der Waals surface area contributed by atoms with E-state index < -0.39 is 0 Å². The number of aromatic nitrogens is 1. The third kappa shape index (κ3) is 3.20. The first kappa shape index (κ1) is 15.0. The van der Waals surface area contributed by atoms with E-state index in [0.717, 1.165) is 20.6 Å². The molecule has 104 valence electrons. The first-order valence-electron chi connectivity index (χ1n) is 6.25. The van der Waals surface area contributed by atoms with E-state index in [1.165, 1.54) is 11.3 Å². The summed E-state index contributed by atoms with van der Waals surface area (Å²) >= 11 is 4.90. The summed E-state index contributed by atoms with van der Waals surface area (Å²) in [4.78, 5) is 5.59. The molecule has 0 bridgehead atoms. The maximum Gasteiger partial charge on any atom is 0.180 e. The molecule has 2 aromatic rings. The Kier molecular flexibility index (Phi) is 4.17. The van der Waals surface area contributed by atoms with Crippen LogP contribution in [0.15, 0.2) is 22.7 Å². The van der Waals surface area contributed by atoms with Crippen LogP contribution in [-0.2, 0) is 11.8 Å². The van der Waals surface area contributed by atoms with E-state index in [4.69, 9.17) is 5.73 Å². The highest BCUT2D eigenvalue weighted by Crippen LogP contribution is 2.33. The maximum atomic E-state index is 9.25. The molecule has 2 N–H and O–H groups in total. The summed E-state index contributed by atoms with van der Waals surface area (Å²) < 4.78 is 0.915. The number of thiazole rings is 1. The van der Waals surface area contributed by atoms with Crippen LogP contribution in [0, 0.1) is 11.3 Å². The molecule has 3 nitrogen and oxygen atoms in total. The molecule has 0 saturated carbocycles. The molecule has 0 radical (unpaired) electrons. The van der Waals surface area contributed by atoms with E-state index in [1.807, 2.05) is 18.2 Å². The maximum absolute atomic E-state index is 9.25. The highest BCUT2D eigenvalue weighted by atomic mass is 79.9. The lowest BCUT2D eigenvalue weighted by atomic mass is 9.89. The minimum atomic E-state index is -0.0500. The number of benzene rings is 1. The van der Waals surface area contributed by atoms with Gasteiger partial charge in [-0.1, -0.05) is 42.8 Å². The minimum Gasteiger partial charge on any atom is -0.375 e. The van der Waals surface area contributed by atoms with Crippen molar-refractivity contribution in [2.45, 2.75) is 32.6 Å². The van der Waals surface area contributed by atoms with Crippen LogP contribution in [0.3, 0.4) is 0 Å². The van der Waals surface area contributed by atoms with Gasteiger partial charge in [-0.25, -0.2) is 4.98 Å². The Morgan fingerprint density at radius 1 is 1.40 bits per heavy atom. The van der Waals surface area contributed by atoms with E-state index in [1.54, 1.807) is 0 Å². The Morgan fingerprint density at radius 3 is 2.70 bits per heavy atom. The number of nitrogen functional groups attached to an aromatic ring is 1. The van der Waals surface area contributed by atoms with Crippen molar-refractivity contribution in [1.29, 1.82) is 5.26 Å². The smallest absolute Gasteiger partial charge is 0.180 e. The molecule has 1 aromatic heterocycles. The predicted molar refractivity (Wildman–Crippen MR) is 86.9 cm³/mol. The van der Waals surface area contributed by atoms with Crippen molar-refractivity contribution in [1.82, 2.24) is 4.98 Å². The molecule has 1 heterocycles. The van der Waals surface area contributed by atoms with Crippen LogP contribution in [0.2, 0.25) is 0 Å². The quantitative estimate of drug-likeness (QED) is 0.881. The molecule has 0 aliphatic carbocycles. The summed E-state index contributed by atoms with van der Waals surface area (Å²) in [7, 11) is 0. The summed E-state index contributed by atoms with van der Waals surface area (Å²) in [6.45, 7) is 6.37. The molecular formula is C15H16BrN3S. The lowest BCUT2D eigenvalue weighted by molar-refractivity contribution is 0.568. The SMILES string of the molecule is CC(C)(C)c1nc(N)sc1Cc1ccc(Br)cc1C#N. The number of nitrogens with zero attached hydrogens (tertiary/aromatic N) is 2. The average Bonchev–Trinajstić information content (AvgIpc) is 2.72. The molecule has 0 amide bonds. The second-order valence-electron chi connectivity index (χ2n) is 5.66. The van der Waals surface area contributed by atoms with Gasteiger partial charge in [-0.3, -0.25) is 0 Å². The summed E-state index contributed by atoms with van der Waals surface area (Å²) in [6.07, 6.45) is 0.692. The van der Waals surface area contributed by atoms with E-state index in [-0.39, 0.29) is 5.41 Å². The molecule has 5 heteroatoms. The van der Waals surface area contributed by atoms with Crippen molar-refractivity contribution < 1.29 is 0 Å². The van der Waals surface area contributed by atoms with Gasteiger partial charge in [-0.2, -0.15) is 5.26 Å². The van der Waals surface area contributed by atoms with Crippen LogP contribution in [0.4, 0.5) is 5.13 Å². The molecular weight excluding hydrogens is 334 g/mol. The van der Waals surface area contributed by atoms with Crippen LogP contribution in [0.1, 0.15) is 42.5 Å². The fourth-order valence-corrected chi connectivity index (χ4v) is 3.48. The number of halogens is 1. The van der Waals surface area contributed by atoms with Crippen molar-refractivity contribution >= 4 is 32.4 Å². The first-order chi connectivity index (χ1) is 9.31. The predicted octanol–water partition coefficient (Wildman–Crippen LogP) is 4.25. The Labute approximate surface area is 131 Å². The minimum absolute atomic E-state index is 0.0500. The fraction of sp³-hybridized carbons (Fsp3) is 0.333. The lowest BCUT2D eigenvalue weighted by Crippen LogP contribution is -2.14. The summed E-state index contributed by atoms with van der Waals surface area (Å²) in [5, 5.41) is 9.83. The second kappa shape index (κ2) is 5.55. The molecule has 0 fully saturated rings. The number of nitriles is 1. The Morgan fingerprint density at radius 2 is 2.10 bits per heavy atom. The number of hydrogen-bond acceptors (Lipinski definition) is 4. The van der Waals surface area contributed by atoms with Crippen LogP contribution in [-0.4, -0.2) is 4.98 Å². The third-order valence-electron chi connectivity index (χ3n) is 2.97. The molecule has 0 atom stereocenters. The lowest BCUT2D eigenvalue weighted by Gasteiger charge is -2.17. The summed E-state index contributed by atoms with van der Waals surface area (Å²) in [6, 6.07) is 8.02. The van der Waals surface area contributed by atoms with Crippen LogP contribution < -0.4 is 5.73 Å². The van der Waals surface area contributed by atoms with Gasteiger partial charge in [-0.15, -0.1) is 11.3 Å². The van der Waals surface area contributed by atoms with Crippen LogP contribution in [0.25, 0.3) is 0 Å². The Balaban J connectivity index is 2.44. The molecule has 2 rings (SSSR count). The zero-order valence-electron chi connectivity index (χ0n) is 11.7. The number of rotatable bonds is 2. The number of anilines is 1. The van der Waals surface area contributed by atoms with Gasteiger partial charge in [-0.05, 0) is 17.7 Å². The largest absolute Gasteiger partial charge is 0.375 e. The molecule has 1 aromatic carbocycles. The molecule has 0 aliphatic rings. The highest BCUT2D eigenvalue weighted by Gasteiger charge is 2.23. The number of hydrogen-bond donors (Lipinski definition) is 1. The van der Waals surface area contributed by atoms with E-state index in [9.17, 15) is 5.26 Å². The van der Waals surface area contributed by atoms with Gasteiger partial charge in [0.15, 0.2) is 5.13 Å². The second-order valence-corrected chi connectivity index (χ2v) is 7.69. The topological polar surface area (TPSA) is 62.7 Å². The van der Waals surface area contributed by atoms with Crippen molar-refractivity contribution in [3.05, 3.63) is 44.4 Å².